The molecule has 21 heavy (non-hydrogen) atoms. The summed E-state index contributed by atoms with van der Waals surface area (Å²) in [5.74, 6) is 0. The van der Waals surface area contributed by atoms with Crippen LogP contribution < -0.4 is 0 Å². The second kappa shape index (κ2) is 4.52. The van der Waals surface area contributed by atoms with E-state index in [4.69, 9.17) is 0 Å². The molecule has 0 aliphatic carbocycles. The largest absolute Gasteiger partial charge is 0.281 e. The maximum Gasteiger partial charge on any atom is 0.281 e. The van der Waals surface area contributed by atoms with Gasteiger partial charge in [-0.05, 0) is 57.0 Å². The Kier molecular flexibility index (Phi) is 2.90. The summed E-state index contributed by atoms with van der Waals surface area (Å²) >= 11 is 0. The van der Waals surface area contributed by atoms with Gasteiger partial charge in [-0.3, -0.25) is 10.1 Å². The number of pyridine rings is 1. The fraction of sp³-hybridized carbons (Fsp3) is 0.235. The van der Waals surface area contributed by atoms with Crippen LogP contribution in [0, 0.1) is 37.8 Å². The van der Waals surface area contributed by atoms with Crippen molar-refractivity contribution in [1.82, 2.24) is 4.98 Å². The topological polar surface area (TPSA) is 56.0 Å². The minimum atomic E-state index is -0.298. The summed E-state index contributed by atoms with van der Waals surface area (Å²) < 4.78 is 0. The fourth-order valence-electron chi connectivity index (χ4n) is 3.01. The highest BCUT2D eigenvalue weighted by molar-refractivity contribution is 6.03. The smallest absolute Gasteiger partial charge is 0.258 e. The molecular weight excluding hydrogens is 264 g/mol. The molecule has 0 saturated heterocycles. The average molecular weight is 280 g/mol. The summed E-state index contributed by atoms with van der Waals surface area (Å²) in [5.41, 5.74) is 5.48. The molecule has 1 heterocycles. The molecule has 0 atom stereocenters. The van der Waals surface area contributed by atoms with Crippen molar-refractivity contribution >= 4 is 27.5 Å². The van der Waals surface area contributed by atoms with Crippen molar-refractivity contribution in [1.29, 1.82) is 0 Å². The first-order valence-corrected chi connectivity index (χ1v) is 6.85. The quantitative estimate of drug-likeness (QED) is 0.374. The van der Waals surface area contributed by atoms with Gasteiger partial charge in [0, 0.05) is 10.9 Å². The van der Waals surface area contributed by atoms with Gasteiger partial charge in [0.2, 0.25) is 0 Å². The molecule has 2 aromatic carbocycles. The van der Waals surface area contributed by atoms with Crippen LogP contribution in [0.25, 0.3) is 21.8 Å². The van der Waals surface area contributed by atoms with Gasteiger partial charge in [-0.15, -0.1) is 0 Å². The Morgan fingerprint density at radius 2 is 1.76 bits per heavy atom. The lowest BCUT2D eigenvalue weighted by Crippen LogP contribution is -1.99. The highest BCUT2D eigenvalue weighted by atomic mass is 16.6. The van der Waals surface area contributed by atoms with E-state index in [1.165, 1.54) is 0 Å². The predicted octanol–water partition coefficient (Wildman–Crippen LogP) is 4.53. The van der Waals surface area contributed by atoms with E-state index in [9.17, 15) is 10.1 Å². The molecule has 0 spiro atoms. The zero-order valence-corrected chi connectivity index (χ0v) is 12.5. The zero-order valence-electron chi connectivity index (χ0n) is 12.5. The summed E-state index contributed by atoms with van der Waals surface area (Å²) in [4.78, 5) is 15.8. The molecule has 106 valence electrons. The van der Waals surface area contributed by atoms with Crippen LogP contribution >= 0.6 is 0 Å². The van der Waals surface area contributed by atoms with Gasteiger partial charge in [0.1, 0.15) is 0 Å². The highest BCUT2D eigenvalue weighted by Gasteiger charge is 2.21. The Labute approximate surface area is 122 Å². The molecule has 3 aromatic rings. The number of aryl methyl sites for hydroxylation is 4. The van der Waals surface area contributed by atoms with Crippen LogP contribution in [0.3, 0.4) is 0 Å². The third-order valence-electron chi connectivity index (χ3n) is 4.00. The minimum absolute atomic E-state index is 0.170. The Bertz CT molecular complexity index is 914. The lowest BCUT2D eigenvalue weighted by Gasteiger charge is -2.11. The number of nitro groups is 1. The summed E-state index contributed by atoms with van der Waals surface area (Å²) in [7, 11) is 0. The molecule has 1 aromatic heterocycles. The van der Waals surface area contributed by atoms with Gasteiger partial charge in [-0.2, -0.15) is 0 Å². The molecular formula is C17H16N2O2. The van der Waals surface area contributed by atoms with E-state index in [1.54, 1.807) is 6.92 Å². The lowest BCUT2D eigenvalue weighted by molar-refractivity contribution is -0.383. The molecule has 0 fully saturated rings. The van der Waals surface area contributed by atoms with Crippen LogP contribution in [0.1, 0.15) is 22.3 Å². The Hall–Kier alpha value is -2.49. The summed E-state index contributed by atoms with van der Waals surface area (Å²) in [6.45, 7) is 7.69. The van der Waals surface area contributed by atoms with Crippen LogP contribution in [0.2, 0.25) is 0 Å². The van der Waals surface area contributed by atoms with Gasteiger partial charge in [0.25, 0.3) is 5.69 Å². The number of aromatic nitrogens is 1. The molecule has 0 aliphatic heterocycles. The van der Waals surface area contributed by atoms with Crippen LogP contribution in [0.5, 0.6) is 0 Å². The summed E-state index contributed by atoms with van der Waals surface area (Å²) in [5, 5.41) is 13.1. The van der Waals surface area contributed by atoms with Crippen LogP contribution in [-0.4, -0.2) is 9.91 Å². The van der Waals surface area contributed by atoms with Crippen molar-refractivity contribution in [2.45, 2.75) is 27.7 Å². The van der Waals surface area contributed by atoms with Crippen molar-refractivity contribution < 1.29 is 4.92 Å². The Morgan fingerprint density at radius 1 is 1.05 bits per heavy atom. The second-order valence-electron chi connectivity index (χ2n) is 5.60. The highest BCUT2D eigenvalue weighted by Crippen LogP contribution is 2.36. The van der Waals surface area contributed by atoms with E-state index >= 15 is 0 Å². The lowest BCUT2D eigenvalue weighted by atomic mass is 9.97. The number of rotatable bonds is 1. The van der Waals surface area contributed by atoms with E-state index in [1.807, 2.05) is 45.0 Å². The molecule has 4 heteroatoms. The van der Waals surface area contributed by atoms with Crippen LogP contribution in [0.15, 0.2) is 24.3 Å². The third-order valence-corrected chi connectivity index (χ3v) is 4.00. The third kappa shape index (κ3) is 1.95. The van der Waals surface area contributed by atoms with Crippen LogP contribution in [-0.2, 0) is 0 Å². The molecule has 0 bridgehead atoms. The van der Waals surface area contributed by atoms with Gasteiger partial charge < -0.3 is 0 Å². The predicted molar refractivity (Wildman–Crippen MR) is 84.9 cm³/mol. The maximum atomic E-state index is 11.5. The number of hydrogen-bond acceptors (Lipinski definition) is 3. The van der Waals surface area contributed by atoms with Crippen molar-refractivity contribution in [2.75, 3.05) is 0 Å². The molecule has 3 rings (SSSR count). The second-order valence-corrected chi connectivity index (χ2v) is 5.60. The molecule has 0 unspecified atom stereocenters. The number of nitro benzene ring substituents is 1. The molecule has 4 nitrogen and oxygen atoms in total. The van der Waals surface area contributed by atoms with Crippen molar-refractivity contribution in [3.05, 3.63) is 56.6 Å². The molecule has 0 N–H and O–H groups in total. The van der Waals surface area contributed by atoms with E-state index in [-0.39, 0.29) is 10.6 Å². The Morgan fingerprint density at radius 3 is 2.43 bits per heavy atom. The average Bonchev–Trinajstić information content (AvgIpc) is 2.40. The zero-order chi connectivity index (χ0) is 15.3. The first kappa shape index (κ1) is 13.5. The maximum absolute atomic E-state index is 11.5. The van der Waals surface area contributed by atoms with Crippen LogP contribution in [0.4, 0.5) is 5.69 Å². The van der Waals surface area contributed by atoms with Crippen molar-refractivity contribution in [2.24, 2.45) is 0 Å². The first-order chi connectivity index (χ1) is 9.90. The van der Waals surface area contributed by atoms with Gasteiger partial charge in [0.05, 0.1) is 21.3 Å². The number of hydrogen-bond donors (Lipinski definition) is 0. The van der Waals surface area contributed by atoms with Crippen molar-refractivity contribution in [3.63, 3.8) is 0 Å². The first-order valence-electron chi connectivity index (χ1n) is 6.85. The monoisotopic (exact) mass is 280 g/mol. The van der Waals surface area contributed by atoms with E-state index in [0.717, 1.165) is 33.1 Å². The van der Waals surface area contributed by atoms with E-state index in [2.05, 4.69) is 4.98 Å². The van der Waals surface area contributed by atoms with Gasteiger partial charge in [-0.1, -0.05) is 11.6 Å². The van der Waals surface area contributed by atoms with Gasteiger partial charge in [-0.25, -0.2) is 4.98 Å². The van der Waals surface area contributed by atoms with Crippen molar-refractivity contribution in [3.8, 4) is 0 Å². The van der Waals surface area contributed by atoms with Gasteiger partial charge >= 0.3 is 0 Å². The number of fused-ring (bicyclic) bond motifs is 2. The standard InChI is InChI=1S/C17H16N2O2/c1-9-5-6-14-13(7-9)12(4)15-16(18-14)10(2)8-11(3)17(15)19(20)21/h5-8H,1-4H3. The Balaban J connectivity index is 2.63. The molecule has 0 aliphatic rings. The summed E-state index contributed by atoms with van der Waals surface area (Å²) in [6, 6.07) is 7.87. The molecule has 0 radical (unpaired) electrons. The number of benzene rings is 2. The molecule has 0 amide bonds. The fourth-order valence-corrected chi connectivity index (χ4v) is 3.01. The van der Waals surface area contributed by atoms with Gasteiger partial charge in [0.15, 0.2) is 0 Å². The van der Waals surface area contributed by atoms with E-state index < -0.39 is 0 Å². The minimum Gasteiger partial charge on any atom is -0.258 e. The SMILES string of the molecule is Cc1ccc2nc3c(C)cc(C)c([N+](=O)[O-])c3c(C)c2c1. The normalized spacial score (nSPS) is 11.2. The number of nitrogens with zero attached hydrogens (tertiary/aromatic N) is 2. The summed E-state index contributed by atoms with van der Waals surface area (Å²) in [6.07, 6.45) is 0. The van der Waals surface area contributed by atoms with E-state index in [0.29, 0.717) is 10.9 Å². The molecule has 0 saturated carbocycles.